The first-order valence-electron chi connectivity index (χ1n) is 7.13. The number of rotatable bonds is 3. The van der Waals surface area contributed by atoms with E-state index < -0.39 is 0 Å². The number of nitrogens with two attached hydrogens (primary N) is 1. The van der Waals surface area contributed by atoms with Crippen LogP contribution in [0.2, 0.25) is 0 Å². The van der Waals surface area contributed by atoms with Gasteiger partial charge in [-0.05, 0) is 24.8 Å². The molecule has 1 aliphatic rings. The SMILES string of the molecule is CC(C)[C@H](N)C(=O)N1CCC(c2ccccc2)C1C. The predicted molar refractivity (Wildman–Crippen MR) is 77.8 cm³/mol. The van der Waals surface area contributed by atoms with E-state index in [1.165, 1.54) is 5.56 Å². The Bertz CT molecular complexity index is 430. The van der Waals surface area contributed by atoms with Crippen LogP contribution in [0.25, 0.3) is 0 Å². The predicted octanol–water partition coefficient (Wildman–Crippen LogP) is 2.37. The zero-order chi connectivity index (χ0) is 14.0. The molecule has 1 amide bonds. The van der Waals surface area contributed by atoms with Crippen molar-refractivity contribution in [2.75, 3.05) is 6.54 Å². The maximum Gasteiger partial charge on any atom is 0.240 e. The van der Waals surface area contributed by atoms with Crippen LogP contribution in [0.3, 0.4) is 0 Å². The molecule has 0 spiro atoms. The van der Waals surface area contributed by atoms with Gasteiger partial charge in [0.15, 0.2) is 0 Å². The van der Waals surface area contributed by atoms with Crippen LogP contribution in [0.15, 0.2) is 30.3 Å². The highest BCUT2D eigenvalue weighted by Crippen LogP contribution is 2.33. The Balaban J connectivity index is 2.10. The Morgan fingerprint density at radius 3 is 2.53 bits per heavy atom. The fourth-order valence-electron chi connectivity index (χ4n) is 2.87. The monoisotopic (exact) mass is 260 g/mol. The average Bonchev–Trinajstić information content (AvgIpc) is 2.79. The molecule has 19 heavy (non-hydrogen) atoms. The highest BCUT2D eigenvalue weighted by atomic mass is 16.2. The second-order valence-electron chi connectivity index (χ2n) is 5.85. The van der Waals surface area contributed by atoms with Gasteiger partial charge < -0.3 is 10.6 Å². The van der Waals surface area contributed by atoms with Crippen LogP contribution in [-0.4, -0.2) is 29.4 Å². The minimum absolute atomic E-state index is 0.0981. The number of carbonyl (C=O) groups is 1. The van der Waals surface area contributed by atoms with Gasteiger partial charge in [0, 0.05) is 18.5 Å². The Labute approximate surface area is 115 Å². The molecule has 0 saturated carbocycles. The van der Waals surface area contributed by atoms with Gasteiger partial charge in [-0.3, -0.25) is 4.79 Å². The number of hydrogen-bond acceptors (Lipinski definition) is 2. The maximum atomic E-state index is 12.4. The summed E-state index contributed by atoms with van der Waals surface area (Å²) in [4.78, 5) is 14.3. The number of likely N-dealkylation sites (tertiary alicyclic amines) is 1. The first-order chi connectivity index (χ1) is 9.02. The molecule has 3 heteroatoms. The zero-order valence-electron chi connectivity index (χ0n) is 12.0. The lowest BCUT2D eigenvalue weighted by Crippen LogP contribution is -2.48. The first kappa shape index (κ1) is 14.1. The van der Waals surface area contributed by atoms with Gasteiger partial charge in [-0.2, -0.15) is 0 Å². The Morgan fingerprint density at radius 2 is 1.95 bits per heavy atom. The smallest absolute Gasteiger partial charge is 0.240 e. The van der Waals surface area contributed by atoms with E-state index in [9.17, 15) is 4.79 Å². The third kappa shape index (κ3) is 2.81. The van der Waals surface area contributed by atoms with Crippen molar-refractivity contribution in [1.29, 1.82) is 0 Å². The lowest BCUT2D eigenvalue weighted by atomic mass is 9.92. The summed E-state index contributed by atoms with van der Waals surface area (Å²) in [5, 5.41) is 0. The molecule has 2 N–H and O–H groups in total. The van der Waals surface area contributed by atoms with Crippen molar-refractivity contribution in [3.8, 4) is 0 Å². The zero-order valence-corrected chi connectivity index (χ0v) is 12.0. The summed E-state index contributed by atoms with van der Waals surface area (Å²) in [5.74, 6) is 0.723. The molecular formula is C16H24N2O. The number of benzene rings is 1. The second kappa shape index (κ2) is 5.74. The molecule has 0 radical (unpaired) electrons. The fraction of sp³-hybridized carbons (Fsp3) is 0.562. The van der Waals surface area contributed by atoms with Gasteiger partial charge in [0.1, 0.15) is 0 Å². The summed E-state index contributed by atoms with van der Waals surface area (Å²) in [6, 6.07) is 10.3. The Hall–Kier alpha value is -1.35. The van der Waals surface area contributed by atoms with Gasteiger partial charge in [0.2, 0.25) is 5.91 Å². The van der Waals surface area contributed by atoms with Crippen molar-refractivity contribution in [3.05, 3.63) is 35.9 Å². The van der Waals surface area contributed by atoms with Crippen molar-refractivity contribution in [2.24, 2.45) is 11.7 Å². The summed E-state index contributed by atoms with van der Waals surface area (Å²) in [5.41, 5.74) is 7.32. The van der Waals surface area contributed by atoms with Gasteiger partial charge in [-0.25, -0.2) is 0 Å². The van der Waals surface area contributed by atoms with E-state index in [1.54, 1.807) is 0 Å². The molecule has 1 fully saturated rings. The molecular weight excluding hydrogens is 236 g/mol. The molecule has 104 valence electrons. The quantitative estimate of drug-likeness (QED) is 0.907. The third-order valence-corrected chi connectivity index (χ3v) is 4.27. The minimum atomic E-state index is -0.378. The van der Waals surface area contributed by atoms with Crippen LogP contribution in [0.4, 0.5) is 0 Å². The van der Waals surface area contributed by atoms with E-state index in [-0.39, 0.29) is 23.9 Å². The number of nitrogens with zero attached hydrogens (tertiary/aromatic N) is 1. The molecule has 0 aromatic heterocycles. The van der Waals surface area contributed by atoms with Crippen molar-refractivity contribution in [2.45, 2.75) is 45.2 Å². The molecule has 0 aliphatic carbocycles. The summed E-state index contributed by atoms with van der Waals surface area (Å²) in [6.45, 7) is 6.95. The lowest BCUT2D eigenvalue weighted by Gasteiger charge is -2.28. The van der Waals surface area contributed by atoms with Gasteiger partial charge in [0.25, 0.3) is 0 Å². The fourth-order valence-corrected chi connectivity index (χ4v) is 2.87. The van der Waals surface area contributed by atoms with E-state index in [2.05, 4.69) is 31.2 Å². The van der Waals surface area contributed by atoms with E-state index in [4.69, 9.17) is 5.73 Å². The molecule has 2 unspecified atom stereocenters. The van der Waals surface area contributed by atoms with E-state index in [1.807, 2.05) is 24.8 Å². The number of hydrogen-bond donors (Lipinski definition) is 1. The number of amides is 1. The van der Waals surface area contributed by atoms with Crippen LogP contribution in [-0.2, 0) is 4.79 Å². The van der Waals surface area contributed by atoms with Gasteiger partial charge in [-0.1, -0.05) is 44.2 Å². The maximum absolute atomic E-state index is 12.4. The topological polar surface area (TPSA) is 46.3 Å². The van der Waals surface area contributed by atoms with Gasteiger partial charge in [-0.15, -0.1) is 0 Å². The van der Waals surface area contributed by atoms with Gasteiger partial charge >= 0.3 is 0 Å². The molecule has 1 aromatic rings. The minimum Gasteiger partial charge on any atom is -0.338 e. The summed E-state index contributed by atoms with van der Waals surface area (Å²) in [7, 11) is 0. The van der Waals surface area contributed by atoms with Gasteiger partial charge in [0.05, 0.1) is 6.04 Å². The Morgan fingerprint density at radius 1 is 1.32 bits per heavy atom. The van der Waals surface area contributed by atoms with Crippen LogP contribution < -0.4 is 5.73 Å². The molecule has 0 bridgehead atoms. The highest BCUT2D eigenvalue weighted by Gasteiger charge is 2.36. The molecule has 1 aliphatic heterocycles. The molecule has 1 aromatic carbocycles. The summed E-state index contributed by atoms with van der Waals surface area (Å²) >= 11 is 0. The van der Waals surface area contributed by atoms with Crippen molar-refractivity contribution in [3.63, 3.8) is 0 Å². The van der Waals surface area contributed by atoms with Crippen molar-refractivity contribution in [1.82, 2.24) is 4.90 Å². The second-order valence-corrected chi connectivity index (χ2v) is 5.85. The number of carbonyl (C=O) groups excluding carboxylic acids is 1. The van der Waals surface area contributed by atoms with Crippen LogP contribution in [0, 0.1) is 5.92 Å². The average molecular weight is 260 g/mol. The normalized spacial score (nSPS) is 24.8. The molecule has 3 nitrogen and oxygen atoms in total. The third-order valence-electron chi connectivity index (χ3n) is 4.27. The molecule has 1 saturated heterocycles. The molecule has 1 heterocycles. The molecule has 2 rings (SSSR count). The largest absolute Gasteiger partial charge is 0.338 e. The Kier molecular flexibility index (Phi) is 4.25. The lowest BCUT2D eigenvalue weighted by molar-refractivity contribution is -0.134. The van der Waals surface area contributed by atoms with E-state index in [0.717, 1.165) is 13.0 Å². The van der Waals surface area contributed by atoms with Crippen molar-refractivity contribution >= 4 is 5.91 Å². The first-order valence-corrected chi connectivity index (χ1v) is 7.13. The van der Waals surface area contributed by atoms with Crippen LogP contribution in [0.5, 0.6) is 0 Å². The summed E-state index contributed by atoms with van der Waals surface area (Å²) in [6.07, 6.45) is 1.03. The standard InChI is InChI=1S/C16H24N2O/c1-11(2)15(17)16(19)18-10-9-14(12(18)3)13-7-5-4-6-8-13/h4-8,11-12,14-15H,9-10,17H2,1-3H3/t12?,14?,15-/m0/s1. The van der Waals surface area contributed by atoms with E-state index in [0.29, 0.717) is 5.92 Å². The van der Waals surface area contributed by atoms with E-state index >= 15 is 0 Å². The summed E-state index contributed by atoms with van der Waals surface area (Å²) < 4.78 is 0. The highest BCUT2D eigenvalue weighted by molar-refractivity contribution is 5.82. The molecule has 3 atom stereocenters. The van der Waals surface area contributed by atoms with Crippen LogP contribution in [0.1, 0.15) is 38.7 Å². The van der Waals surface area contributed by atoms with Crippen molar-refractivity contribution < 1.29 is 4.79 Å². The van der Waals surface area contributed by atoms with Crippen LogP contribution >= 0.6 is 0 Å².